The molecular formula is C15H24ClNO3. The average molecular weight is 302 g/mol. The van der Waals surface area contributed by atoms with Gasteiger partial charge in [0.15, 0.2) is 11.5 Å². The van der Waals surface area contributed by atoms with Crippen molar-refractivity contribution >= 4 is 11.6 Å². The topological polar surface area (TPSA) is 50.7 Å². The van der Waals surface area contributed by atoms with Crippen molar-refractivity contribution in [3.63, 3.8) is 0 Å². The third-order valence-electron chi connectivity index (χ3n) is 2.57. The van der Waals surface area contributed by atoms with E-state index in [9.17, 15) is 5.11 Å². The highest BCUT2D eigenvalue weighted by Crippen LogP contribution is 2.36. The van der Waals surface area contributed by atoms with Crippen LogP contribution in [0.15, 0.2) is 12.1 Å². The number of nitrogens with one attached hydrogen (secondary N) is 1. The lowest BCUT2D eigenvalue weighted by atomic mass is 10.1. The maximum Gasteiger partial charge on any atom is 0.179 e. The number of benzene rings is 1. The second kappa shape index (κ2) is 7.16. The van der Waals surface area contributed by atoms with Crippen LogP contribution in [0.1, 0.15) is 33.3 Å². The predicted octanol–water partition coefficient (Wildman–Crippen LogP) is 3.00. The van der Waals surface area contributed by atoms with Crippen LogP contribution in [0.3, 0.4) is 0 Å². The molecule has 2 N–H and O–H groups in total. The van der Waals surface area contributed by atoms with Crippen molar-refractivity contribution in [1.29, 1.82) is 0 Å². The second-order valence-electron chi connectivity index (χ2n) is 5.75. The summed E-state index contributed by atoms with van der Waals surface area (Å²) in [5, 5.41) is 13.5. The summed E-state index contributed by atoms with van der Waals surface area (Å²) in [7, 11) is 1.57. The number of hydrogen-bond acceptors (Lipinski definition) is 4. The molecule has 0 saturated carbocycles. The Labute approximate surface area is 126 Å². The molecule has 0 radical (unpaired) electrons. The Morgan fingerprint density at radius 2 is 2.00 bits per heavy atom. The number of methoxy groups -OCH3 is 1. The first-order valence-electron chi connectivity index (χ1n) is 6.68. The van der Waals surface area contributed by atoms with Gasteiger partial charge in [0.25, 0.3) is 0 Å². The van der Waals surface area contributed by atoms with Crippen LogP contribution in [0.4, 0.5) is 0 Å². The predicted molar refractivity (Wildman–Crippen MR) is 81.8 cm³/mol. The summed E-state index contributed by atoms with van der Waals surface area (Å²) < 4.78 is 10.9. The van der Waals surface area contributed by atoms with E-state index >= 15 is 0 Å². The highest BCUT2D eigenvalue weighted by atomic mass is 35.5. The van der Waals surface area contributed by atoms with Gasteiger partial charge in [0.05, 0.1) is 17.7 Å². The minimum Gasteiger partial charge on any atom is -0.493 e. The Balaban J connectivity index is 2.90. The molecule has 5 heteroatoms. The molecule has 1 aromatic carbocycles. The molecule has 1 rings (SSSR count). The van der Waals surface area contributed by atoms with Crippen LogP contribution in [0, 0.1) is 0 Å². The van der Waals surface area contributed by atoms with E-state index < -0.39 is 5.60 Å². The fourth-order valence-electron chi connectivity index (χ4n) is 1.59. The van der Waals surface area contributed by atoms with Gasteiger partial charge in [-0.05, 0) is 31.5 Å². The van der Waals surface area contributed by atoms with Crippen molar-refractivity contribution in [2.45, 2.75) is 45.9 Å². The van der Waals surface area contributed by atoms with Gasteiger partial charge in [-0.25, -0.2) is 0 Å². The molecule has 1 aromatic rings. The van der Waals surface area contributed by atoms with Crippen LogP contribution in [-0.2, 0) is 6.54 Å². The molecular weight excluding hydrogens is 278 g/mol. The Hall–Kier alpha value is -0.970. The lowest BCUT2D eigenvalue weighted by Gasteiger charge is -2.20. The third kappa shape index (κ3) is 5.57. The van der Waals surface area contributed by atoms with Gasteiger partial charge in [-0.15, -0.1) is 0 Å². The molecule has 0 heterocycles. The van der Waals surface area contributed by atoms with E-state index in [1.807, 2.05) is 12.1 Å². The Bertz CT molecular complexity index is 441. The van der Waals surface area contributed by atoms with Gasteiger partial charge < -0.3 is 19.9 Å². The highest BCUT2D eigenvalue weighted by Gasteiger charge is 2.18. The van der Waals surface area contributed by atoms with Crippen LogP contribution < -0.4 is 14.8 Å². The first-order chi connectivity index (χ1) is 9.23. The zero-order valence-corrected chi connectivity index (χ0v) is 13.5. The molecule has 0 amide bonds. The standard InChI is InChI=1S/C15H24ClNO3/c1-10(2)17-8-11-6-12(16)14(13(7-11)19-5)20-9-15(3,4)18/h6-7,10,17-18H,8-9H2,1-5H3. The normalized spacial score (nSPS) is 11.8. The molecule has 0 aliphatic heterocycles. The molecule has 20 heavy (non-hydrogen) atoms. The SMILES string of the molecule is COc1cc(CNC(C)C)cc(Cl)c1OCC(C)(C)O. The smallest absolute Gasteiger partial charge is 0.179 e. The Morgan fingerprint density at radius 3 is 2.50 bits per heavy atom. The van der Waals surface area contributed by atoms with E-state index in [1.54, 1.807) is 21.0 Å². The molecule has 114 valence electrons. The van der Waals surface area contributed by atoms with Gasteiger partial charge in [0.1, 0.15) is 6.61 Å². The molecule has 0 atom stereocenters. The van der Waals surface area contributed by atoms with Crippen molar-refractivity contribution < 1.29 is 14.6 Å². The number of ether oxygens (including phenoxy) is 2. The maximum atomic E-state index is 9.71. The summed E-state index contributed by atoms with van der Waals surface area (Å²) in [6, 6.07) is 4.13. The first kappa shape index (κ1) is 17.1. The number of aliphatic hydroxyl groups is 1. The van der Waals surface area contributed by atoms with Gasteiger partial charge in [0, 0.05) is 12.6 Å². The van der Waals surface area contributed by atoms with E-state index in [-0.39, 0.29) is 6.61 Å². The molecule has 0 unspecified atom stereocenters. The van der Waals surface area contributed by atoms with Crippen molar-refractivity contribution in [3.8, 4) is 11.5 Å². The van der Waals surface area contributed by atoms with E-state index in [1.165, 1.54) is 0 Å². The number of halogens is 1. The quantitative estimate of drug-likeness (QED) is 0.813. The van der Waals surface area contributed by atoms with Gasteiger partial charge in [-0.2, -0.15) is 0 Å². The molecule has 0 fully saturated rings. The lowest BCUT2D eigenvalue weighted by molar-refractivity contribution is 0.0276. The zero-order chi connectivity index (χ0) is 15.3. The number of rotatable bonds is 7. The van der Waals surface area contributed by atoms with Crippen molar-refractivity contribution in [1.82, 2.24) is 5.32 Å². The Kier molecular flexibility index (Phi) is 6.11. The minimum atomic E-state index is -0.924. The van der Waals surface area contributed by atoms with Crippen molar-refractivity contribution in [2.75, 3.05) is 13.7 Å². The maximum absolute atomic E-state index is 9.71. The highest BCUT2D eigenvalue weighted by molar-refractivity contribution is 6.32. The third-order valence-corrected chi connectivity index (χ3v) is 2.85. The van der Waals surface area contributed by atoms with Crippen LogP contribution >= 0.6 is 11.6 Å². The molecule has 0 saturated heterocycles. The summed E-state index contributed by atoms with van der Waals surface area (Å²) >= 11 is 6.24. The van der Waals surface area contributed by atoms with Crippen LogP contribution in [-0.4, -0.2) is 30.5 Å². The first-order valence-corrected chi connectivity index (χ1v) is 7.05. The zero-order valence-electron chi connectivity index (χ0n) is 12.8. The van der Waals surface area contributed by atoms with Crippen LogP contribution in [0.5, 0.6) is 11.5 Å². The largest absolute Gasteiger partial charge is 0.493 e. The monoisotopic (exact) mass is 301 g/mol. The molecule has 4 nitrogen and oxygen atoms in total. The molecule has 0 spiro atoms. The van der Waals surface area contributed by atoms with E-state index in [2.05, 4.69) is 19.2 Å². The summed E-state index contributed by atoms with van der Waals surface area (Å²) in [4.78, 5) is 0. The summed E-state index contributed by atoms with van der Waals surface area (Å²) in [5.41, 5.74) is 0.0998. The molecule has 0 bridgehead atoms. The van der Waals surface area contributed by atoms with E-state index in [4.69, 9.17) is 21.1 Å². The Morgan fingerprint density at radius 1 is 1.35 bits per heavy atom. The lowest BCUT2D eigenvalue weighted by Crippen LogP contribution is -2.28. The fraction of sp³-hybridized carbons (Fsp3) is 0.600. The molecule has 0 aromatic heterocycles. The van der Waals surface area contributed by atoms with E-state index in [0.717, 1.165) is 5.56 Å². The van der Waals surface area contributed by atoms with Gasteiger partial charge in [-0.1, -0.05) is 25.4 Å². The summed E-state index contributed by atoms with van der Waals surface area (Å²) in [5.74, 6) is 1.03. The van der Waals surface area contributed by atoms with Gasteiger partial charge in [0.2, 0.25) is 0 Å². The van der Waals surface area contributed by atoms with E-state index in [0.29, 0.717) is 29.1 Å². The summed E-state index contributed by atoms with van der Waals surface area (Å²) in [6.45, 7) is 8.37. The van der Waals surface area contributed by atoms with Crippen LogP contribution in [0.25, 0.3) is 0 Å². The minimum absolute atomic E-state index is 0.146. The fourth-order valence-corrected chi connectivity index (χ4v) is 1.87. The van der Waals surface area contributed by atoms with Gasteiger partial charge >= 0.3 is 0 Å². The number of hydrogen-bond donors (Lipinski definition) is 2. The summed E-state index contributed by atoms with van der Waals surface area (Å²) in [6.07, 6.45) is 0. The average Bonchev–Trinajstić information content (AvgIpc) is 2.33. The second-order valence-corrected chi connectivity index (χ2v) is 6.15. The van der Waals surface area contributed by atoms with Gasteiger partial charge in [-0.3, -0.25) is 0 Å². The van der Waals surface area contributed by atoms with Crippen molar-refractivity contribution in [2.24, 2.45) is 0 Å². The van der Waals surface area contributed by atoms with Crippen LogP contribution in [0.2, 0.25) is 5.02 Å². The molecule has 0 aliphatic carbocycles. The van der Waals surface area contributed by atoms with Crippen molar-refractivity contribution in [3.05, 3.63) is 22.7 Å². The molecule has 0 aliphatic rings.